The number of anilines is 1. The fraction of sp³-hybridized carbons (Fsp3) is 0.200. The van der Waals surface area contributed by atoms with Gasteiger partial charge in [0.15, 0.2) is 11.5 Å². The molecule has 0 spiro atoms. The third-order valence-corrected chi connectivity index (χ3v) is 4.76. The molecule has 0 unspecified atom stereocenters. The number of benzene rings is 1. The highest BCUT2D eigenvalue weighted by Crippen LogP contribution is 2.39. The molecule has 0 fully saturated rings. The van der Waals surface area contributed by atoms with Gasteiger partial charge in [-0.25, -0.2) is 4.98 Å². The van der Waals surface area contributed by atoms with Crippen molar-refractivity contribution in [2.75, 3.05) is 5.32 Å². The van der Waals surface area contributed by atoms with Gasteiger partial charge >= 0.3 is 5.69 Å². The number of rotatable bonds is 7. The summed E-state index contributed by atoms with van der Waals surface area (Å²) in [5.41, 5.74) is -0.902. The van der Waals surface area contributed by atoms with Crippen LogP contribution in [0.5, 0.6) is 0 Å². The van der Waals surface area contributed by atoms with Crippen LogP contribution < -0.4 is 5.32 Å². The highest BCUT2D eigenvalue weighted by molar-refractivity contribution is 7.13. The number of thiophene rings is 1. The smallest absolute Gasteiger partial charge is 0.302 e. The number of hydrogen-bond acceptors (Lipinski definition) is 9. The van der Waals surface area contributed by atoms with E-state index < -0.39 is 27.8 Å². The molecule has 3 rings (SSSR count). The Labute approximate surface area is 156 Å². The molecule has 11 nitrogen and oxygen atoms in total. The number of nitrogens with one attached hydrogen (secondary N) is 2. The first-order chi connectivity index (χ1) is 12.9. The number of hydrogen-bond donors (Lipinski definition) is 3. The lowest BCUT2D eigenvalue weighted by atomic mass is 10.0. The predicted molar refractivity (Wildman–Crippen MR) is 97.4 cm³/mol. The monoisotopic (exact) mass is 390 g/mol. The summed E-state index contributed by atoms with van der Waals surface area (Å²) in [6, 6.07) is 4.83. The third kappa shape index (κ3) is 3.61. The highest BCUT2D eigenvalue weighted by atomic mass is 32.1. The van der Waals surface area contributed by atoms with Crippen LogP contribution in [0.25, 0.3) is 10.7 Å². The molecule has 3 N–H and O–H groups in total. The van der Waals surface area contributed by atoms with E-state index in [1.807, 2.05) is 17.5 Å². The molecule has 0 atom stereocenters. The van der Waals surface area contributed by atoms with Gasteiger partial charge in [0.05, 0.1) is 27.9 Å². The van der Waals surface area contributed by atoms with Crippen LogP contribution in [0.1, 0.15) is 17.0 Å². The van der Waals surface area contributed by atoms with Crippen molar-refractivity contribution in [3.8, 4) is 10.7 Å². The highest BCUT2D eigenvalue weighted by Gasteiger charge is 2.30. The van der Waals surface area contributed by atoms with Crippen molar-refractivity contribution in [1.29, 1.82) is 0 Å². The Bertz CT molecular complexity index is 1000. The SMILES string of the molecule is Cc1c(CO)cc([N+](=O)[O-])c(NCc2nc(-c3cccs3)n[nH]2)c1[N+](=O)[O-]. The Balaban J connectivity index is 1.95. The second-order valence-electron chi connectivity index (χ2n) is 5.51. The van der Waals surface area contributed by atoms with Crippen LogP contribution in [0.15, 0.2) is 23.6 Å². The topological polar surface area (TPSA) is 160 Å². The minimum Gasteiger partial charge on any atom is -0.392 e. The number of aromatic nitrogens is 3. The fourth-order valence-corrected chi connectivity index (χ4v) is 3.24. The summed E-state index contributed by atoms with van der Waals surface area (Å²) in [4.78, 5) is 26.5. The van der Waals surface area contributed by atoms with Crippen LogP contribution in [0.4, 0.5) is 17.1 Å². The largest absolute Gasteiger partial charge is 0.392 e. The minimum absolute atomic E-state index is 0.0298. The molecule has 0 aliphatic heterocycles. The summed E-state index contributed by atoms with van der Waals surface area (Å²) >= 11 is 1.45. The average Bonchev–Trinajstić information content (AvgIpc) is 3.30. The van der Waals surface area contributed by atoms with Gasteiger partial charge in [-0.2, -0.15) is 5.10 Å². The van der Waals surface area contributed by atoms with E-state index in [-0.39, 0.29) is 23.4 Å². The zero-order valence-corrected chi connectivity index (χ0v) is 14.8. The summed E-state index contributed by atoms with van der Waals surface area (Å²) in [6.45, 7) is 0.861. The summed E-state index contributed by atoms with van der Waals surface area (Å²) in [7, 11) is 0. The van der Waals surface area contributed by atoms with Gasteiger partial charge < -0.3 is 10.4 Å². The van der Waals surface area contributed by atoms with Crippen molar-refractivity contribution in [2.45, 2.75) is 20.1 Å². The molecule has 0 bridgehead atoms. The molecule has 2 heterocycles. The Morgan fingerprint density at radius 3 is 2.70 bits per heavy atom. The molecule has 27 heavy (non-hydrogen) atoms. The first kappa shape index (κ1) is 18.4. The van der Waals surface area contributed by atoms with Crippen LogP contribution in [0.2, 0.25) is 0 Å². The first-order valence-electron chi connectivity index (χ1n) is 7.67. The number of H-pyrrole nitrogens is 1. The molecule has 0 aliphatic rings. The van der Waals surface area contributed by atoms with Gasteiger partial charge in [0.2, 0.25) is 0 Å². The van der Waals surface area contributed by atoms with Crippen LogP contribution in [0, 0.1) is 27.2 Å². The number of aromatic amines is 1. The van der Waals surface area contributed by atoms with Crippen LogP contribution in [-0.2, 0) is 13.2 Å². The molecule has 2 aromatic heterocycles. The Morgan fingerprint density at radius 1 is 1.33 bits per heavy atom. The first-order valence-corrected chi connectivity index (χ1v) is 8.55. The minimum atomic E-state index is -0.731. The van der Waals surface area contributed by atoms with Crippen molar-refractivity contribution < 1.29 is 15.0 Å². The maximum Gasteiger partial charge on any atom is 0.302 e. The van der Waals surface area contributed by atoms with E-state index in [2.05, 4.69) is 20.5 Å². The molecule has 0 aliphatic carbocycles. The van der Waals surface area contributed by atoms with E-state index >= 15 is 0 Å². The van der Waals surface area contributed by atoms with Crippen molar-refractivity contribution in [3.05, 3.63) is 60.8 Å². The van der Waals surface area contributed by atoms with E-state index in [0.29, 0.717) is 11.6 Å². The summed E-state index contributed by atoms with van der Waals surface area (Å²) in [5, 5.41) is 43.6. The zero-order chi connectivity index (χ0) is 19.6. The van der Waals surface area contributed by atoms with E-state index in [0.717, 1.165) is 10.9 Å². The van der Waals surface area contributed by atoms with Crippen molar-refractivity contribution in [3.63, 3.8) is 0 Å². The van der Waals surface area contributed by atoms with Gasteiger partial charge in [0, 0.05) is 11.6 Å². The standard InChI is InChI=1S/C15H14N6O5S/c1-8-9(7-22)5-10(20(23)24)13(14(8)21(25)26)16-6-12-17-15(19-18-12)11-3-2-4-27-11/h2-5,16,22H,6-7H2,1H3,(H,17,18,19). The van der Waals surface area contributed by atoms with E-state index in [4.69, 9.17) is 0 Å². The van der Waals surface area contributed by atoms with Crippen molar-refractivity contribution in [1.82, 2.24) is 15.2 Å². The molecular weight excluding hydrogens is 376 g/mol. The molecule has 3 aromatic rings. The summed E-state index contributed by atoms with van der Waals surface area (Å²) in [6.07, 6.45) is 0. The Kier molecular flexibility index (Phi) is 5.09. The number of nitro groups is 2. The normalized spacial score (nSPS) is 10.7. The number of nitrogens with zero attached hydrogens (tertiary/aromatic N) is 4. The van der Waals surface area contributed by atoms with E-state index in [9.17, 15) is 25.3 Å². The Hall–Kier alpha value is -3.38. The van der Waals surface area contributed by atoms with E-state index in [1.165, 1.54) is 18.3 Å². The van der Waals surface area contributed by atoms with Gasteiger partial charge in [-0.3, -0.25) is 25.3 Å². The van der Waals surface area contributed by atoms with Gasteiger partial charge in [0.1, 0.15) is 5.82 Å². The molecule has 0 amide bonds. The number of aliphatic hydroxyl groups excluding tert-OH is 1. The molecule has 0 radical (unpaired) electrons. The Morgan fingerprint density at radius 2 is 2.11 bits per heavy atom. The van der Waals surface area contributed by atoms with Crippen LogP contribution in [0.3, 0.4) is 0 Å². The molecule has 140 valence electrons. The maximum absolute atomic E-state index is 11.5. The zero-order valence-electron chi connectivity index (χ0n) is 14.0. The molecular formula is C15H14N6O5S. The van der Waals surface area contributed by atoms with E-state index in [1.54, 1.807) is 0 Å². The molecule has 12 heteroatoms. The van der Waals surface area contributed by atoms with Gasteiger partial charge in [0.25, 0.3) is 5.69 Å². The molecule has 0 saturated heterocycles. The lowest BCUT2D eigenvalue weighted by molar-refractivity contribution is -0.392. The second-order valence-corrected chi connectivity index (χ2v) is 6.46. The fourth-order valence-electron chi connectivity index (χ4n) is 2.58. The van der Waals surface area contributed by atoms with Gasteiger partial charge in [-0.1, -0.05) is 6.07 Å². The number of aliphatic hydroxyl groups is 1. The molecule has 0 saturated carbocycles. The predicted octanol–water partition coefficient (Wildman–Crippen LogP) is 2.76. The second kappa shape index (κ2) is 7.47. The average molecular weight is 390 g/mol. The van der Waals surface area contributed by atoms with Crippen LogP contribution >= 0.6 is 11.3 Å². The van der Waals surface area contributed by atoms with Gasteiger partial charge in [-0.05, 0) is 23.9 Å². The van der Waals surface area contributed by atoms with Crippen molar-refractivity contribution in [2.24, 2.45) is 0 Å². The number of nitro benzene ring substituents is 2. The maximum atomic E-state index is 11.5. The van der Waals surface area contributed by atoms with Crippen LogP contribution in [-0.4, -0.2) is 30.1 Å². The lowest BCUT2D eigenvalue weighted by Crippen LogP contribution is -2.09. The van der Waals surface area contributed by atoms with Crippen molar-refractivity contribution >= 4 is 28.4 Å². The van der Waals surface area contributed by atoms with Gasteiger partial charge in [-0.15, -0.1) is 11.3 Å². The third-order valence-electron chi connectivity index (χ3n) is 3.90. The quantitative estimate of drug-likeness (QED) is 0.410. The molecule has 1 aromatic carbocycles. The summed E-state index contributed by atoms with van der Waals surface area (Å²) in [5.74, 6) is 0.837. The summed E-state index contributed by atoms with van der Waals surface area (Å²) < 4.78 is 0. The lowest BCUT2D eigenvalue weighted by Gasteiger charge is -2.11.